The molecule has 0 bridgehead atoms. The number of aliphatic hydroxyl groups excluding tert-OH is 1. The maximum Gasteiger partial charge on any atom is 0.335 e. The van der Waals surface area contributed by atoms with Gasteiger partial charge in [-0.1, -0.05) is 44.5 Å². The Morgan fingerprint density at radius 2 is 1.69 bits per heavy atom. The van der Waals surface area contributed by atoms with Crippen molar-refractivity contribution >= 4 is 58.3 Å². The first kappa shape index (κ1) is 36.6. The van der Waals surface area contributed by atoms with Crippen LogP contribution in [0.15, 0.2) is 73.1 Å². The molecule has 4 aromatic rings. The van der Waals surface area contributed by atoms with Crippen LogP contribution in [0.3, 0.4) is 0 Å². The van der Waals surface area contributed by atoms with Crippen molar-refractivity contribution in [3.05, 3.63) is 89.2 Å². The minimum absolute atomic E-state index is 0.0170. The molecule has 0 aliphatic carbocycles. The number of carbonyl (C=O) groups is 5. The molecule has 0 saturated carbocycles. The maximum atomic E-state index is 14.1. The number of benzene rings is 3. The number of aromatic nitrogens is 4. The molecule has 5 N–H and O–H groups in total. The molecule has 266 valence electrons. The van der Waals surface area contributed by atoms with Gasteiger partial charge in [-0.05, 0) is 88.3 Å². The molecule has 15 nitrogen and oxygen atoms in total. The standard InChI is InChI=1S/C35H37ClN8O7/c1-35(2,3)29(21-6-11-25(12-7-21)43-15-14-20(18-45)16-28(43)46)30(31(47)38-24-9-4-22(5-10-24)34(50)51)40-33(49)32(48)39-26-17-23(36)8-13-27(26)44-19-37-41-42-44/h4-13,17,19-20,29-30,45H,14-16,18H2,1-3H3,(H,38,47)(H,39,48)(H,40,49)(H,50,51). The van der Waals surface area contributed by atoms with Crippen LogP contribution < -0.4 is 20.9 Å². The lowest BCUT2D eigenvalue weighted by atomic mass is 9.71. The predicted molar refractivity (Wildman–Crippen MR) is 188 cm³/mol. The second-order valence-electron chi connectivity index (χ2n) is 13.2. The Morgan fingerprint density at radius 3 is 2.27 bits per heavy atom. The number of nitrogens with zero attached hydrogens (tertiary/aromatic N) is 5. The van der Waals surface area contributed by atoms with Crippen molar-refractivity contribution in [2.24, 2.45) is 11.3 Å². The van der Waals surface area contributed by atoms with E-state index >= 15 is 0 Å². The molecule has 1 aromatic heterocycles. The number of piperidine rings is 1. The third kappa shape index (κ3) is 8.74. The number of carboxylic acids is 1. The fourth-order valence-corrected chi connectivity index (χ4v) is 6.23. The Labute approximate surface area is 298 Å². The van der Waals surface area contributed by atoms with E-state index in [2.05, 4.69) is 31.5 Å². The normalized spacial score (nSPS) is 15.8. The lowest BCUT2D eigenvalue weighted by Gasteiger charge is -2.37. The summed E-state index contributed by atoms with van der Waals surface area (Å²) in [7, 11) is 0. The molecule has 4 amide bonds. The van der Waals surface area contributed by atoms with Crippen LogP contribution in [0.1, 0.15) is 55.5 Å². The molecule has 3 unspecified atom stereocenters. The fraction of sp³-hybridized carbons (Fsp3) is 0.314. The first-order valence-corrected chi connectivity index (χ1v) is 16.4. The highest BCUT2D eigenvalue weighted by atomic mass is 35.5. The summed E-state index contributed by atoms with van der Waals surface area (Å²) in [5, 5.41) is 38.0. The number of tetrazole rings is 1. The van der Waals surface area contributed by atoms with Gasteiger partial charge in [0.1, 0.15) is 12.4 Å². The number of amides is 4. The van der Waals surface area contributed by atoms with E-state index in [4.69, 9.17) is 11.6 Å². The van der Waals surface area contributed by atoms with Crippen LogP contribution in [0.5, 0.6) is 0 Å². The molecule has 5 rings (SSSR count). The van der Waals surface area contributed by atoms with Gasteiger partial charge in [0, 0.05) is 41.9 Å². The summed E-state index contributed by atoms with van der Waals surface area (Å²) in [5.41, 5.74) is 1.36. The van der Waals surface area contributed by atoms with Crippen molar-refractivity contribution in [1.82, 2.24) is 25.5 Å². The highest BCUT2D eigenvalue weighted by Crippen LogP contribution is 2.39. The Kier molecular flexibility index (Phi) is 11.1. The van der Waals surface area contributed by atoms with Crippen LogP contribution in [-0.4, -0.2) is 79.2 Å². The zero-order valence-corrected chi connectivity index (χ0v) is 28.8. The van der Waals surface area contributed by atoms with Gasteiger partial charge in [-0.15, -0.1) is 5.10 Å². The average Bonchev–Trinajstić information content (AvgIpc) is 3.63. The lowest BCUT2D eigenvalue weighted by Crippen LogP contribution is -2.53. The van der Waals surface area contributed by atoms with Gasteiger partial charge in [-0.25, -0.2) is 4.79 Å². The summed E-state index contributed by atoms with van der Waals surface area (Å²) in [6.07, 6.45) is 2.19. The zero-order valence-electron chi connectivity index (χ0n) is 28.0. The van der Waals surface area contributed by atoms with E-state index < -0.39 is 41.1 Å². The summed E-state index contributed by atoms with van der Waals surface area (Å²) < 4.78 is 1.28. The molecule has 3 aromatic carbocycles. The average molecular weight is 717 g/mol. The van der Waals surface area contributed by atoms with Gasteiger partial charge in [0.25, 0.3) is 0 Å². The highest BCUT2D eigenvalue weighted by molar-refractivity contribution is 6.40. The largest absolute Gasteiger partial charge is 0.478 e. The van der Waals surface area contributed by atoms with Gasteiger partial charge < -0.3 is 31.1 Å². The Morgan fingerprint density at radius 1 is 0.980 bits per heavy atom. The number of hydrogen-bond donors (Lipinski definition) is 5. The predicted octanol–water partition coefficient (Wildman–Crippen LogP) is 3.64. The topological polar surface area (TPSA) is 209 Å². The third-order valence-corrected chi connectivity index (χ3v) is 8.83. The molecular formula is C35H37ClN8O7. The summed E-state index contributed by atoms with van der Waals surface area (Å²) in [5.74, 6) is -4.92. The summed E-state index contributed by atoms with van der Waals surface area (Å²) in [4.78, 5) is 66.9. The monoisotopic (exact) mass is 716 g/mol. The number of hydrogen-bond acceptors (Lipinski definition) is 9. The summed E-state index contributed by atoms with van der Waals surface area (Å²) in [6, 6.07) is 15.8. The SMILES string of the molecule is CC(C)(C)C(c1ccc(N2CCC(CO)CC2=O)cc1)C(NC(=O)C(=O)Nc1cc(Cl)ccc1-n1cnnn1)C(=O)Nc1ccc(C(=O)O)cc1. The minimum Gasteiger partial charge on any atom is -0.478 e. The molecular weight excluding hydrogens is 680 g/mol. The lowest BCUT2D eigenvalue weighted by molar-refractivity contribution is -0.138. The quantitative estimate of drug-likeness (QED) is 0.151. The van der Waals surface area contributed by atoms with Gasteiger partial charge in [0.15, 0.2) is 0 Å². The number of rotatable bonds is 10. The highest BCUT2D eigenvalue weighted by Gasteiger charge is 2.40. The first-order chi connectivity index (χ1) is 24.2. The van der Waals surface area contributed by atoms with Crippen molar-refractivity contribution < 1.29 is 34.2 Å². The third-order valence-electron chi connectivity index (χ3n) is 8.59. The van der Waals surface area contributed by atoms with E-state index in [0.717, 1.165) is 0 Å². The maximum absolute atomic E-state index is 14.1. The van der Waals surface area contributed by atoms with Gasteiger partial charge in [0.2, 0.25) is 11.8 Å². The van der Waals surface area contributed by atoms with Crippen molar-refractivity contribution in [2.45, 2.75) is 45.6 Å². The van der Waals surface area contributed by atoms with Crippen LogP contribution in [-0.2, 0) is 19.2 Å². The Bertz CT molecular complexity index is 1910. The number of nitrogens with one attached hydrogen (secondary N) is 3. The first-order valence-electron chi connectivity index (χ1n) is 16.0. The summed E-state index contributed by atoms with van der Waals surface area (Å²) in [6.45, 7) is 6.04. The second kappa shape index (κ2) is 15.5. The number of anilines is 3. The van der Waals surface area contributed by atoms with Gasteiger partial charge in [-0.2, -0.15) is 4.68 Å². The molecule has 2 heterocycles. The van der Waals surface area contributed by atoms with Crippen LogP contribution >= 0.6 is 11.6 Å². The van der Waals surface area contributed by atoms with Crippen LogP contribution in [0.25, 0.3) is 5.69 Å². The van der Waals surface area contributed by atoms with Crippen LogP contribution in [0.2, 0.25) is 5.02 Å². The van der Waals surface area contributed by atoms with E-state index in [9.17, 15) is 34.2 Å². The van der Waals surface area contributed by atoms with Crippen molar-refractivity contribution in [1.29, 1.82) is 0 Å². The molecule has 1 fully saturated rings. The molecule has 1 saturated heterocycles. The van der Waals surface area contributed by atoms with Crippen LogP contribution in [0, 0.1) is 11.3 Å². The van der Waals surface area contributed by atoms with E-state index in [0.29, 0.717) is 29.9 Å². The Balaban J connectivity index is 1.45. The van der Waals surface area contributed by atoms with Gasteiger partial charge in [0.05, 0.1) is 16.9 Å². The number of carboxylic acid groups (broad SMARTS) is 1. The van der Waals surface area contributed by atoms with E-state index in [-0.39, 0.29) is 46.8 Å². The smallest absolute Gasteiger partial charge is 0.335 e. The zero-order chi connectivity index (χ0) is 36.9. The van der Waals surface area contributed by atoms with E-state index in [1.165, 1.54) is 41.3 Å². The fourth-order valence-electron chi connectivity index (χ4n) is 6.06. The molecule has 0 radical (unpaired) electrons. The molecule has 1 aliphatic heterocycles. The number of aliphatic hydroxyl groups is 1. The van der Waals surface area contributed by atoms with Gasteiger partial charge >= 0.3 is 17.8 Å². The van der Waals surface area contributed by atoms with Crippen molar-refractivity contribution in [3.63, 3.8) is 0 Å². The summed E-state index contributed by atoms with van der Waals surface area (Å²) >= 11 is 6.18. The van der Waals surface area contributed by atoms with Crippen molar-refractivity contribution in [3.8, 4) is 5.69 Å². The molecule has 16 heteroatoms. The molecule has 3 atom stereocenters. The molecule has 0 spiro atoms. The van der Waals surface area contributed by atoms with Gasteiger partial charge in [-0.3, -0.25) is 19.2 Å². The van der Waals surface area contributed by atoms with E-state index in [1.807, 2.05) is 20.8 Å². The van der Waals surface area contributed by atoms with Crippen LogP contribution in [0.4, 0.5) is 17.1 Å². The minimum atomic E-state index is -1.33. The second-order valence-corrected chi connectivity index (χ2v) is 13.7. The number of carbonyl (C=O) groups excluding carboxylic acids is 4. The van der Waals surface area contributed by atoms with E-state index in [1.54, 1.807) is 41.3 Å². The Hall–Kier alpha value is -5.67. The number of halogens is 1. The number of aromatic carboxylic acids is 1. The molecule has 1 aliphatic rings. The van der Waals surface area contributed by atoms with Crippen molar-refractivity contribution in [2.75, 3.05) is 28.7 Å². The molecule has 51 heavy (non-hydrogen) atoms.